The molecule has 0 aromatic rings. The summed E-state index contributed by atoms with van der Waals surface area (Å²) >= 11 is 0. The Labute approximate surface area is 118 Å². The van der Waals surface area contributed by atoms with E-state index in [0.29, 0.717) is 13.0 Å². The molecule has 0 spiro atoms. The number of sulfonamides is 1. The highest BCUT2D eigenvalue weighted by molar-refractivity contribution is 7.89. The normalized spacial score (nSPS) is 25.2. The summed E-state index contributed by atoms with van der Waals surface area (Å²) in [6.07, 6.45) is 0.917. The van der Waals surface area contributed by atoms with Crippen molar-refractivity contribution >= 4 is 22.2 Å². The number of aliphatic imine (C=N–C) groups is 2. The molecule has 1 aliphatic heterocycles. The maximum absolute atomic E-state index is 12.6. The Balaban J connectivity index is 2.95. The number of methoxy groups -OCH3 is 1. The molecule has 2 atom stereocenters. The molecule has 2 N–H and O–H groups in total. The summed E-state index contributed by atoms with van der Waals surface area (Å²) in [4.78, 5) is 9.35. The van der Waals surface area contributed by atoms with Crippen LogP contribution in [-0.2, 0) is 14.8 Å². The number of ether oxygens (including phenoxy) is 1. The summed E-state index contributed by atoms with van der Waals surface area (Å²) in [5.41, 5.74) is 0. The van der Waals surface area contributed by atoms with Crippen LogP contribution in [-0.4, -0.2) is 64.1 Å². The molecule has 0 aliphatic carbocycles. The van der Waals surface area contributed by atoms with Gasteiger partial charge in [0.05, 0.1) is 17.6 Å². The van der Waals surface area contributed by atoms with Crippen molar-refractivity contribution in [2.24, 2.45) is 15.1 Å². The highest BCUT2D eigenvalue weighted by atomic mass is 32.2. The zero-order valence-electron chi connectivity index (χ0n) is 11.5. The molecule has 0 aromatic heterocycles. The Bertz CT molecular complexity index is 518. The summed E-state index contributed by atoms with van der Waals surface area (Å²) in [6, 6.07) is 0. The zero-order chi connectivity index (χ0) is 15.3. The Morgan fingerprint density at radius 1 is 1.55 bits per heavy atom. The largest absolute Gasteiger partial charge is 0.380 e. The molecule has 7 nitrogen and oxygen atoms in total. The van der Waals surface area contributed by atoms with Crippen molar-refractivity contribution < 1.29 is 17.5 Å². The van der Waals surface area contributed by atoms with E-state index in [4.69, 9.17) is 9.88 Å². The summed E-state index contributed by atoms with van der Waals surface area (Å²) in [6.45, 7) is 3.61. The van der Waals surface area contributed by atoms with E-state index in [1.54, 1.807) is 4.90 Å². The van der Waals surface area contributed by atoms with Crippen molar-refractivity contribution in [2.75, 3.05) is 27.2 Å². The van der Waals surface area contributed by atoms with Crippen molar-refractivity contribution in [3.63, 3.8) is 0 Å². The summed E-state index contributed by atoms with van der Waals surface area (Å²) in [5.74, 6) is -0.506. The lowest BCUT2D eigenvalue weighted by Crippen LogP contribution is -2.52. The van der Waals surface area contributed by atoms with E-state index in [1.165, 1.54) is 14.2 Å². The number of hydrogen-bond donors (Lipinski definition) is 1. The van der Waals surface area contributed by atoms with Crippen molar-refractivity contribution in [3.05, 3.63) is 12.4 Å². The molecule has 114 valence electrons. The fraction of sp³-hybridized carbons (Fsp3) is 0.636. The van der Waals surface area contributed by atoms with E-state index in [9.17, 15) is 12.8 Å². The van der Waals surface area contributed by atoms with Crippen molar-refractivity contribution in [1.82, 2.24) is 4.90 Å². The van der Waals surface area contributed by atoms with Gasteiger partial charge < -0.3 is 9.64 Å². The van der Waals surface area contributed by atoms with E-state index in [0.717, 1.165) is 6.21 Å². The van der Waals surface area contributed by atoms with Crippen LogP contribution in [0.3, 0.4) is 0 Å². The number of primary sulfonamides is 1. The van der Waals surface area contributed by atoms with Crippen LogP contribution in [0, 0.1) is 0 Å². The first-order valence-corrected chi connectivity index (χ1v) is 7.53. The maximum Gasteiger partial charge on any atom is 0.220 e. The number of nitrogens with zero attached hydrogens (tertiary/aromatic N) is 3. The third-order valence-electron chi connectivity index (χ3n) is 2.97. The lowest BCUT2D eigenvalue weighted by atomic mass is 10.1. The minimum Gasteiger partial charge on any atom is -0.380 e. The van der Waals surface area contributed by atoms with Crippen molar-refractivity contribution in [2.45, 2.75) is 17.8 Å². The maximum atomic E-state index is 12.6. The van der Waals surface area contributed by atoms with Gasteiger partial charge in [0, 0.05) is 27.2 Å². The highest BCUT2D eigenvalue weighted by Crippen LogP contribution is 2.18. The molecule has 0 radical (unpaired) electrons. The van der Waals surface area contributed by atoms with Crippen LogP contribution in [0.5, 0.6) is 0 Å². The first-order chi connectivity index (χ1) is 9.27. The summed E-state index contributed by atoms with van der Waals surface area (Å²) in [7, 11) is -0.723. The van der Waals surface area contributed by atoms with Crippen LogP contribution < -0.4 is 5.14 Å². The summed E-state index contributed by atoms with van der Waals surface area (Å²) < 4.78 is 40.9. The number of halogens is 1. The average molecular weight is 306 g/mol. The number of nitrogens with two attached hydrogens (primary N) is 1. The topological polar surface area (TPSA) is 97.3 Å². The highest BCUT2D eigenvalue weighted by Gasteiger charge is 2.34. The lowest BCUT2D eigenvalue weighted by molar-refractivity contribution is 0.0546. The molecule has 0 unspecified atom stereocenters. The molecule has 20 heavy (non-hydrogen) atoms. The van der Waals surface area contributed by atoms with Gasteiger partial charge in [-0.05, 0) is 6.42 Å². The minimum atomic E-state index is -3.69. The van der Waals surface area contributed by atoms with Gasteiger partial charge in [-0.1, -0.05) is 6.58 Å². The third kappa shape index (κ3) is 4.66. The number of piperidine rings is 1. The van der Waals surface area contributed by atoms with Crippen molar-refractivity contribution in [1.29, 1.82) is 0 Å². The van der Waals surface area contributed by atoms with E-state index in [-0.39, 0.29) is 18.6 Å². The Hall–Kier alpha value is -1.32. The van der Waals surface area contributed by atoms with Crippen LogP contribution in [0.1, 0.15) is 6.42 Å². The first-order valence-electron chi connectivity index (χ1n) is 5.92. The van der Waals surface area contributed by atoms with Crippen molar-refractivity contribution in [3.8, 4) is 0 Å². The smallest absolute Gasteiger partial charge is 0.220 e. The monoisotopic (exact) mass is 306 g/mol. The number of allylic oxidation sites excluding steroid dienone is 1. The second-order valence-corrected chi connectivity index (χ2v) is 6.28. The molecule has 1 fully saturated rings. The van der Waals surface area contributed by atoms with Gasteiger partial charge in [-0.3, -0.25) is 4.99 Å². The fourth-order valence-corrected chi connectivity index (χ4v) is 2.86. The molecular formula is C11H19FN4O3S. The molecule has 1 heterocycles. The lowest BCUT2D eigenvalue weighted by Gasteiger charge is -2.36. The molecular weight excluding hydrogens is 287 g/mol. The Morgan fingerprint density at radius 3 is 2.65 bits per heavy atom. The second kappa shape index (κ2) is 6.91. The number of rotatable bonds is 3. The Morgan fingerprint density at radius 2 is 2.20 bits per heavy atom. The van der Waals surface area contributed by atoms with Gasteiger partial charge in [0.1, 0.15) is 5.83 Å². The molecule has 1 aliphatic rings. The van der Waals surface area contributed by atoms with E-state index in [2.05, 4.69) is 16.6 Å². The predicted octanol–water partition coefficient (Wildman–Crippen LogP) is -0.0960. The molecule has 0 amide bonds. The van der Waals surface area contributed by atoms with E-state index in [1.807, 2.05) is 0 Å². The quantitative estimate of drug-likeness (QED) is 0.582. The van der Waals surface area contributed by atoms with Crippen LogP contribution >= 0.6 is 0 Å². The van der Waals surface area contributed by atoms with E-state index >= 15 is 0 Å². The summed E-state index contributed by atoms with van der Waals surface area (Å²) in [5, 5.41) is 4.41. The zero-order valence-corrected chi connectivity index (χ0v) is 12.3. The first kappa shape index (κ1) is 16.7. The molecule has 0 saturated carbocycles. The van der Waals surface area contributed by atoms with Gasteiger partial charge in [-0.15, -0.1) is 0 Å². The molecule has 0 bridgehead atoms. The minimum absolute atomic E-state index is 0.140. The molecule has 1 saturated heterocycles. The van der Waals surface area contributed by atoms with Crippen LogP contribution in [0.2, 0.25) is 0 Å². The average Bonchev–Trinajstić information content (AvgIpc) is 2.37. The van der Waals surface area contributed by atoms with Gasteiger partial charge in [-0.2, -0.15) is 0 Å². The molecule has 0 aromatic carbocycles. The standard InChI is InChI=1S/C11H19FN4O3S/c1-8(12)5-15-11(14-2)16-6-9(19-3)4-10(7-16)20(13,17)18/h5,9-10H,1,4,6-7H2,2-3H3,(H2,13,17,18)/b14-11+,15-5-/t9-,10-/m1/s1. The SMILES string of the molecule is C=C(F)/C=N\C(=N/C)N1C[C@H](OC)C[C@@H](S(N)(=O)=O)C1. The van der Waals surface area contributed by atoms with Gasteiger partial charge >= 0.3 is 0 Å². The second-order valence-electron chi connectivity index (χ2n) is 4.44. The van der Waals surface area contributed by atoms with E-state index < -0.39 is 21.1 Å². The van der Waals surface area contributed by atoms with Crippen LogP contribution in [0.4, 0.5) is 4.39 Å². The van der Waals surface area contributed by atoms with Crippen LogP contribution in [0.15, 0.2) is 22.4 Å². The van der Waals surface area contributed by atoms with Crippen LogP contribution in [0.25, 0.3) is 0 Å². The fourth-order valence-electron chi connectivity index (χ4n) is 1.99. The third-order valence-corrected chi connectivity index (χ3v) is 4.25. The van der Waals surface area contributed by atoms with Gasteiger partial charge in [0.2, 0.25) is 16.0 Å². The number of hydrogen-bond acceptors (Lipinski definition) is 4. The number of guanidine groups is 1. The number of likely N-dealkylation sites (tertiary alicyclic amines) is 1. The van der Waals surface area contributed by atoms with Gasteiger partial charge in [0.15, 0.2) is 0 Å². The van der Waals surface area contributed by atoms with Gasteiger partial charge in [-0.25, -0.2) is 22.9 Å². The molecule has 1 rings (SSSR count). The molecule has 9 heteroatoms. The van der Waals surface area contributed by atoms with Gasteiger partial charge in [0.25, 0.3) is 0 Å². The predicted molar refractivity (Wildman–Crippen MR) is 76.0 cm³/mol. The Kier molecular flexibility index (Phi) is 5.78.